The van der Waals surface area contributed by atoms with Gasteiger partial charge < -0.3 is 18.6 Å². The molecule has 2 fully saturated rings. The zero-order valence-electron chi connectivity index (χ0n) is 26.7. The standard InChI is InChI=1S/C36H42B2O4Si/c1-33(2)34(3,4)40-37(39-33)27-19-23-31(24-20-27)43(29-15-11-9-12-16-29,30-17-13-10-14-18-30)32-25-21-28(22-26-32)38-41-35(5,6)36(7,8)42-38/h9-26H,1-8H3. The lowest BCUT2D eigenvalue weighted by atomic mass is 9.79. The molecule has 0 N–H and O–H groups in total. The lowest BCUT2D eigenvalue weighted by Gasteiger charge is -2.34. The molecule has 43 heavy (non-hydrogen) atoms. The van der Waals surface area contributed by atoms with E-state index in [4.69, 9.17) is 18.6 Å². The van der Waals surface area contributed by atoms with E-state index in [2.05, 4.69) is 165 Å². The molecule has 0 aliphatic carbocycles. The zero-order valence-corrected chi connectivity index (χ0v) is 27.7. The minimum atomic E-state index is -2.70. The predicted octanol–water partition coefficient (Wildman–Crippen LogP) is 3.66. The third kappa shape index (κ3) is 5.05. The Morgan fingerprint density at radius 3 is 0.907 bits per heavy atom. The lowest BCUT2D eigenvalue weighted by Crippen LogP contribution is -2.75. The van der Waals surface area contributed by atoms with E-state index in [1.54, 1.807) is 0 Å². The molecule has 0 aromatic heterocycles. The third-order valence-corrected chi connectivity index (χ3v) is 14.9. The van der Waals surface area contributed by atoms with Gasteiger partial charge in [0.2, 0.25) is 0 Å². The van der Waals surface area contributed by atoms with Crippen molar-refractivity contribution in [1.82, 2.24) is 0 Å². The van der Waals surface area contributed by atoms with E-state index in [9.17, 15) is 0 Å². The number of hydrogen-bond acceptors (Lipinski definition) is 4. The van der Waals surface area contributed by atoms with E-state index in [1.807, 2.05) is 0 Å². The van der Waals surface area contributed by atoms with Crippen molar-refractivity contribution in [3.8, 4) is 0 Å². The molecule has 0 amide bonds. The molecule has 2 aliphatic rings. The Morgan fingerprint density at radius 1 is 0.372 bits per heavy atom. The van der Waals surface area contributed by atoms with Crippen LogP contribution in [0.4, 0.5) is 0 Å². The smallest absolute Gasteiger partial charge is 0.399 e. The molecule has 0 atom stereocenters. The van der Waals surface area contributed by atoms with E-state index >= 15 is 0 Å². The lowest BCUT2D eigenvalue weighted by molar-refractivity contribution is 0.00578. The summed E-state index contributed by atoms with van der Waals surface area (Å²) in [5.74, 6) is 0. The van der Waals surface area contributed by atoms with Gasteiger partial charge in [0.1, 0.15) is 0 Å². The molecule has 0 radical (unpaired) electrons. The first-order valence-electron chi connectivity index (χ1n) is 15.3. The van der Waals surface area contributed by atoms with Crippen LogP contribution in [0.25, 0.3) is 0 Å². The summed E-state index contributed by atoms with van der Waals surface area (Å²) in [4.78, 5) is 0. The van der Waals surface area contributed by atoms with Crippen LogP contribution in [0.5, 0.6) is 0 Å². The Morgan fingerprint density at radius 2 is 0.628 bits per heavy atom. The molecular weight excluding hydrogens is 546 g/mol. The van der Waals surface area contributed by atoms with Crippen LogP contribution >= 0.6 is 0 Å². The monoisotopic (exact) mass is 588 g/mol. The summed E-state index contributed by atoms with van der Waals surface area (Å²) in [7, 11) is -3.50. The quantitative estimate of drug-likeness (QED) is 0.255. The molecule has 6 rings (SSSR count). The minimum absolute atomic E-state index is 0.387. The SMILES string of the molecule is CC1(C)OB(c2ccc([Si](c3ccccc3)(c3ccccc3)c3ccc(B4OC(C)(C)C(C)(C)O4)cc3)cc2)OC1(C)C. The van der Waals surface area contributed by atoms with Crippen molar-refractivity contribution < 1.29 is 18.6 Å². The summed E-state index contributed by atoms with van der Waals surface area (Å²) in [5.41, 5.74) is 0.512. The molecule has 4 aromatic rings. The number of hydrogen-bond donors (Lipinski definition) is 0. The molecule has 2 heterocycles. The van der Waals surface area contributed by atoms with Crippen molar-refractivity contribution in [2.24, 2.45) is 0 Å². The van der Waals surface area contributed by atoms with Crippen molar-refractivity contribution in [1.29, 1.82) is 0 Å². The van der Waals surface area contributed by atoms with Gasteiger partial charge in [-0.15, -0.1) is 0 Å². The molecule has 0 unspecified atom stereocenters. The second kappa shape index (κ2) is 10.6. The summed E-state index contributed by atoms with van der Waals surface area (Å²) in [5, 5.41) is 5.25. The number of benzene rings is 4. The van der Waals surface area contributed by atoms with E-state index in [-0.39, 0.29) is 22.4 Å². The molecule has 0 saturated carbocycles. The van der Waals surface area contributed by atoms with E-state index in [0.717, 1.165) is 10.9 Å². The fraction of sp³-hybridized carbons (Fsp3) is 0.333. The van der Waals surface area contributed by atoms with Gasteiger partial charge in [0, 0.05) is 0 Å². The maximum absolute atomic E-state index is 6.39. The van der Waals surface area contributed by atoms with Crippen LogP contribution in [0, 0.1) is 0 Å². The van der Waals surface area contributed by atoms with Crippen molar-refractivity contribution in [3.63, 3.8) is 0 Å². The Bertz CT molecular complexity index is 1420. The fourth-order valence-electron chi connectivity index (χ4n) is 6.12. The van der Waals surface area contributed by atoms with Gasteiger partial charge in [0.05, 0.1) is 22.4 Å². The van der Waals surface area contributed by atoms with Crippen molar-refractivity contribution in [2.45, 2.75) is 77.8 Å². The first kappa shape index (κ1) is 30.1. The Balaban J connectivity index is 1.47. The number of rotatable bonds is 6. The molecule has 0 spiro atoms. The predicted molar refractivity (Wildman–Crippen MR) is 181 cm³/mol. The Kier molecular flexibility index (Phi) is 7.42. The largest absolute Gasteiger partial charge is 0.494 e. The van der Waals surface area contributed by atoms with Gasteiger partial charge >= 0.3 is 14.2 Å². The summed E-state index contributed by atoms with van der Waals surface area (Å²) in [6.45, 7) is 16.8. The van der Waals surface area contributed by atoms with Crippen LogP contribution in [-0.2, 0) is 18.6 Å². The van der Waals surface area contributed by atoms with Crippen molar-refractivity contribution in [3.05, 3.63) is 109 Å². The summed E-state index contributed by atoms with van der Waals surface area (Å²) in [6, 6.07) is 39.8. The second-order valence-electron chi connectivity index (χ2n) is 13.9. The minimum Gasteiger partial charge on any atom is -0.399 e. The third-order valence-electron chi connectivity index (χ3n) is 10.2. The van der Waals surface area contributed by atoms with Crippen LogP contribution in [0.3, 0.4) is 0 Å². The van der Waals surface area contributed by atoms with Gasteiger partial charge in [-0.25, -0.2) is 0 Å². The summed E-state index contributed by atoms with van der Waals surface area (Å²) in [6.07, 6.45) is 0. The zero-order chi connectivity index (χ0) is 30.7. The van der Waals surface area contributed by atoms with Gasteiger partial charge in [-0.2, -0.15) is 0 Å². The van der Waals surface area contributed by atoms with Crippen LogP contribution in [0.15, 0.2) is 109 Å². The first-order valence-corrected chi connectivity index (χ1v) is 17.3. The second-order valence-corrected chi connectivity index (χ2v) is 17.7. The highest BCUT2D eigenvalue weighted by Crippen LogP contribution is 2.37. The summed E-state index contributed by atoms with van der Waals surface area (Å²) >= 11 is 0. The average Bonchev–Trinajstić information content (AvgIpc) is 3.34. The highest BCUT2D eigenvalue weighted by atomic mass is 28.3. The van der Waals surface area contributed by atoms with E-state index in [1.165, 1.54) is 20.7 Å². The van der Waals surface area contributed by atoms with E-state index < -0.39 is 22.3 Å². The van der Waals surface area contributed by atoms with Gasteiger partial charge in [0.25, 0.3) is 0 Å². The normalized spacial score (nSPS) is 20.4. The maximum atomic E-state index is 6.39. The van der Waals surface area contributed by atoms with Gasteiger partial charge in [-0.1, -0.05) is 109 Å². The summed E-state index contributed by atoms with van der Waals surface area (Å²) < 4.78 is 25.5. The molecule has 2 aliphatic heterocycles. The van der Waals surface area contributed by atoms with Crippen molar-refractivity contribution in [2.75, 3.05) is 0 Å². The molecule has 7 heteroatoms. The molecule has 0 bridgehead atoms. The van der Waals surface area contributed by atoms with Gasteiger partial charge in [-0.3, -0.25) is 0 Å². The van der Waals surface area contributed by atoms with Crippen LogP contribution in [-0.4, -0.2) is 44.7 Å². The molecule has 220 valence electrons. The Labute approximate surface area is 259 Å². The maximum Gasteiger partial charge on any atom is 0.494 e. The molecular formula is C36H42B2O4Si. The van der Waals surface area contributed by atoms with Crippen LogP contribution in [0.1, 0.15) is 55.4 Å². The fourth-order valence-corrected chi connectivity index (χ4v) is 10.8. The Hall–Kier alpha value is -2.93. The first-order chi connectivity index (χ1) is 20.3. The van der Waals surface area contributed by atoms with Crippen molar-refractivity contribution >= 4 is 54.0 Å². The van der Waals surface area contributed by atoms with E-state index in [0.29, 0.717) is 0 Å². The molecule has 4 nitrogen and oxygen atoms in total. The average molecular weight is 588 g/mol. The molecule has 4 aromatic carbocycles. The van der Waals surface area contributed by atoms with Gasteiger partial charge in [0.15, 0.2) is 8.07 Å². The highest BCUT2D eigenvalue weighted by Gasteiger charge is 2.53. The molecule has 2 saturated heterocycles. The van der Waals surface area contributed by atoms with Gasteiger partial charge in [-0.05, 0) is 87.1 Å². The topological polar surface area (TPSA) is 36.9 Å². The highest BCUT2D eigenvalue weighted by molar-refractivity contribution is 7.19. The van der Waals surface area contributed by atoms with Crippen LogP contribution < -0.4 is 31.7 Å². The van der Waals surface area contributed by atoms with Crippen LogP contribution in [0.2, 0.25) is 0 Å².